The van der Waals surface area contributed by atoms with E-state index in [4.69, 9.17) is 4.74 Å². The number of pyridine rings is 1. The highest BCUT2D eigenvalue weighted by atomic mass is 19.3. The summed E-state index contributed by atoms with van der Waals surface area (Å²) in [4.78, 5) is 32.8. The molecule has 0 atom stereocenters. The molecule has 1 fully saturated rings. The highest BCUT2D eigenvalue weighted by molar-refractivity contribution is 6.03. The van der Waals surface area contributed by atoms with Crippen molar-refractivity contribution in [2.24, 2.45) is 0 Å². The summed E-state index contributed by atoms with van der Waals surface area (Å²) >= 11 is 0. The standard InChI is InChI=1S/C24H30F2N4O4/c1-15(2)18-7-5-6-8-20(18)30(17-9-11-29(12-10-17)16(3)31)24(32)28-19-14-27-22(33-4)13-21(19)34-23(25)26/h5-8,13-15,17,23H,9-12H2,1-4H3,(H,28,32). The van der Waals surface area contributed by atoms with Crippen LogP contribution in [0, 0.1) is 0 Å². The number of rotatable bonds is 7. The van der Waals surface area contributed by atoms with E-state index in [1.807, 2.05) is 38.1 Å². The molecule has 0 saturated carbocycles. The van der Waals surface area contributed by atoms with Gasteiger partial charge in [-0.1, -0.05) is 32.0 Å². The van der Waals surface area contributed by atoms with Crippen LogP contribution in [-0.4, -0.2) is 54.7 Å². The Morgan fingerprint density at radius 1 is 1.21 bits per heavy atom. The van der Waals surface area contributed by atoms with Gasteiger partial charge in [-0.15, -0.1) is 0 Å². The average Bonchev–Trinajstić information content (AvgIpc) is 2.80. The van der Waals surface area contributed by atoms with Gasteiger partial charge in [0.15, 0.2) is 5.75 Å². The molecule has 1 aromatic carbocycles. The molecule has 1 aliphatic heterocycles. The first-order valence-corrected chi connectivity index (χ1v) is 11.1. The smallest absolute Gasteiger partial charge is 0.387 e. The third-order valence-electron chi connectivity index (χ3n) is 5.82. The topological polar surface area (TPSA) is 84.0 Å². The maximum Gasteiger partial charge on any atom is 0.387 e. The van der Waals surface area contributed by atoms with Crippen molar-refractivity contribution in [3.63, 3.8) is 0 Å². The summed E-state index contributed by atoms with van der Waals surface area (Å²) in [6.45, 7) is 3.57. The third kappa shape index (κ3) is 5.92. The lowest BCUT2D eigenvalue weighted by atomic mass is 9.97. The van der Waals surface area contributed by atoms with Gasteiger partial charge in [-0.25, -0.2) is 9.78 Å². The van der Waals surface area contributed by atoms with Crippen LogP contribution in [0.1, 0.15) is 45.1 Å². The molecule has 34 heavy (non-hydrogen) atoms. The Hall–Kier alpha value is -3.43. The summed E-state index contributed by atoms with van der Waals surface area (Å²) in [5.41, 5.74) is 1.71. The number of methoxy groups -OCH3 is 1. The predicted octanol–water partition coefficient (Wildman–Crippen LogP) is 4.86. The van der Waals surface area contributed by atoms with Gasteiger partial charge in [-0.2, -0.15) is 8.78 Å². The van der Waals surface area contributed by atoms with Crippen LogP contribution in [-0.2, 0) is 4.79 Å². The fourth-order valence-corrected chi connectivity index (χ4v) is 4.10. The Bertz CT molecular complexity index is 1010. The van der Waals surface area contributed by atoms with Gasteiger partial charge in [0.1, 0.15) is 5.69 Å². The number of likely N-dealkylation sites (tertiary alicyclic amines) is 1. The molecule has 0 bridgehead atoms. The maximum atomic E-state index is 13.6. The van der Waals surface area contributed by atoms with Gasteiger partial charge >= 0.3 is 12.6 Å². The number of anilines is 2. The second-order valence-electron chi connectivity index (χ2n) is 8.35. The van der Waals surface area contributed by atoms with E-state index >= 15 is 0 Å². The lowest BCUT2D eigenvalue weighted by molar-refractivity contribution is -0.129. The van der Waals surface area contributed by atoms with E-state index in [-0.39, 0.29) is 35.2 Å². The van der Waals surface area contributed by atoms with Crippen LogP contribution in [0.2, 0.25) is 0 Å². The van der Waals surface area contributed by atoms with E-state index in [0.717, 1.165) is 11.3 Å². The third-order valence-corrected chi connectivity index (χ3v) is 5.82. The van der Waals surface area contributed by atoms with Crippen molar-refractivity contribution >= 4 is 23.3 Å². The Morgan fingerprint density at radius 2 is 1.88 bits per heavy atom. The van der Waals surface area contributed by atoms with Crippen molar-refractivity contribution in [2.45, 2.75) is 52.2 Å². The number of hydrogen-bond donors (Lipinski definition) is 1. The maximum absolute atomic E-state index is 13.6. The monoisotopic (exact) mass is 476 g/mol. The molecule has 3 amide bonds. The molecular weight excluding hydrogens is 446 g/mol. The van der Waals surface area contributed by atoms with Gasteiger partial charge < -0.3 is 19.7 Å². The summed E-state index contributed by atoms with van der Waals surface area (Å²) in [6.07, 6.45) is 2.39. The number of carbonyl (C=O) groups is 2. The molecule has 2 aromatic rings. The molecule has 1 saturated heterocycles. The summed E-state index contributed by atoms with van der Waals surface area (Å²) < 4.78 is 35.6. The number of benzene rings is 1. The van der Waals surface area contributed by atoms with Crippen LogP contribution in [0.4, 0.5) is 25.0 Å². The van der Waals surface area contributed by atoms with E-state index in [1.165, 1.54) is 26.3 Å². The van der Waals surface area contributed by atoms with Crippen LogP contribution in [0.15, 0.2) is 36.5 Å². The zero-order chi connectivity index (χ0) is 24.8. The van der Waals surface area contributed by atoms with Gasteiger partial charge in [-0.3, -0.25) is 9.69 Å². The fourth-order valence-electron chi connectivity index (χ4n) is 4.10. The quantitative estimate of drug-likeness (QED) is 0.617. The number of urea groups is 1. The van der Waals surface area contributed by atoms with Gasteiger partial charge in [0, 0.05) is 37.8 Å². The van der Waals surface area contributed by atoms with Gasteiger partial charge in [0.25, 0.3) is 0 Å². The van der Waals surface area contributed by atoms with Crippen LogP contribution in [0.5, 0.6) is 11.6 Å². The molecule has 8 nitrogen and oxygen atoms in total. The number of amides is 3. The minimum absolute atomic E-state index is 0.000648. The minimum atomic E-state index is -3.09. The molecule has 2 heterocycles. The molecule has 1 N–H and O–H groups in total. The molecule has 184 valence electrons. The molecule has 3 rings (SSSR count). The van der Waals surface area contributed by atoms with E-state index in [0.29, 0.717) is 25.9 Å². The second kappa shape index (κ2) is 11.1. The summed E-state index contributed by atoms with van der Waals surface area (Å²) in [6, 6.07) is 8.10. The van der Waals surface area contributed by atoms with Crippen molar-refractivity contribution in [2.75, 3.05) is 30.4 Å². The lowest BCUT2D eigenvalue weighted by Crippen LogP contribution is -2.50. The molecule has 0 radical (unpaired) electrons. The number of carbonyl (C=O) groups excluding carboxylic acids is 2. The first-order valence-electron chi connectivity index (χ1n) is 11.1. The Morgan fingerprint density at radius 3 is 2.47 bits per heavy atom. The van der Waals surface area contributed by atoms with Gasteiger partial charge in [0.2, 0.25) is 11.8 Å². The molecule has 10 heteroatoms. The van der Waals surface area contributed by atoms with Crippen molar-refractivity contribution < 1.29 is 27.8 Å². The van der Waals surface area contributed by atoms with Crippen LogP contribution >= 0.6 is 0 Å². The average molecular weight is 477 g/mol. The highest BCUT2D eigenvalue weighted by Gasteiger charge is 2.32. The van der Waals surface area contributed by atoms with Crippen molar-refractivity contribution in [1.82, 2.24) is 9.88 Å². The lowest BCUT2D eigenvalue weighted by Gasteiger charge is -2.39. The summed E-state index contributed by atoms with van der Waals surface area (Å²) in [7, 11) is 1.35. The molecule has 0 unspecified atom stereocenters. The van der Waals surface area contributed by atoms with Crippen LogP contribution < -0.4 is 19.7 Å². The van der Waals surface area contributed by atoms with E-state index in [9.17, 15) is 18.4 Å². The number of hydrogen-bond acceptors (Lipinski definition) is 5. The van der Waals surface area contributed by atoms with E-state index < -0.39 is 12.6 Å². The molecular formula is C24H30F2N4O4. The summed E-state index contributed by atoms with van der Waals surface area (Å²) in [5.74, 6) is -0.0368. The number of aromatic nitrogens is 1. The number of para-hydroxylation sites is 1. The van der Waals surface area contributed by atoms with E-state index in [2.05, 4.69) is 15.0 Å². The van der Waals surface area contributed by atoms with Gasteiger partial charge in [0.05, 0.1) is 13.3 Å². The van der Waals surface area contributed by atoms with Crippen LogP contribution in [0.3, 0.4) is 0 Å². The molecule has 0 spiro atoms. The number of nitrogens with zero attached hydrogens (tertiary/aromatic N) is 3. The first kappa shape index (κ1) is 25.2. The summed E-state index contributed by atoms with van der Waals surface area (Å²) in [5, 5.41) is 2.69. The van der Waals surface area contributed by atoms with Crippen LogP contribution in [0.25, 0.3) is 0 Å². The minimum Gasteiger partial charge on any atom is -0.481 e. The first-order chi connectivity index (χ1) is 16.2. The highest BCUT2D eigenvalue weighted by Crippen LogP contribution is 2.34. The number of nitrogens with one attached hydrogen (secondary N) is 1. The van der Waals surface area contributed by atoms with Crippen molar-refractivity contribution in [3.8, 4) is 11.6 Å². The normalized spacial score (nSPS) is 14.3. The molecule has 0 aliphatic carbocycles. The Balaban J connectivity index is 1.96. The number of ether oxygens (including phenoxy) is 2. The number of halogens is 2. The SMILES string of the molecule is COc1cc(OC(F)F)c(NC(=O)N(c2ccccc2C(C)C)C2CCN(C(C)=O)CC2)cn1. The fraction of sp³-hybridized carbons (Fsp3) is 0.458. The number of alkyl halides is 2. The van der Waals surface area contributed by atoms with Crippen molar-refractivity contribution in [1.29, 1.82) is 0 Å². The van der Waals surface area contributed by atoms with E-state index in [1.54, 1.807) is 9.80 Å². The van der Waals surface area contributed by atoms with Crippen molar-refractivity contribution in [3.05, 3.63) is 42.1 Å². The zero-order valence-electron chi connectivity index (χ0n) is 19.8. The largest absolute Gasteiger partial charge is 0.481 e. The molecule has 1 aromatic heterocycles. The zero-order valence-corrected chi connectivity index (χ0v) is 19.8. The predicted molar refractivity (Wildman–Crippen MR) is 125 cm³/mol. The Kier molecular flexibility index (Phi) is 8.25. The second-order valence-corrected chi connectivity index (χ2v) is 8.35. The number of piperidine rings is 1. The van der Waals surface area contributed by atoms with Gasteiger partial charge in [-0.05, 0) is 30.4 Å². The Labute approximate surface area is 197 Å². The molecule has 1 aliphatic rings.